The molecule has 4 heteroatoms. The molecule has 3 rings (SSSR count). The molecule has 2 fully saturated rings. The van der Waals surface area contributed by atoms with Crippen LogP contribution in [0.5, 0.6) is 0 Å². The molecule has 0 spiro atoms. The summed E-state index contributed by atoms with van der Waals surface area (Å²) in [5.74, 6) is 0.210. The minimum Gasteiger partial charge on any atom is -0.339 e. The molecule has 1 aromatic heterocycles. The van der Waals surface area contributed by atoms with Crippen LogP contribution >= 0.6 is 0 Å². The lowest BCUT2D eigenvalue weighted by atomic mass is 10.1. The van der Waals surface area contributed by atoms with Crippen molar-refractivity contribution in [2.75, 3.05) is 13.0 Å². The lowest BCUT2D eigenvalue weighted by molar-refractivity contribution is 0.343. The summed E-state index contributed by atoms with van der Waals surface area (Å²) in [6.45, 7) is -1.90. The Morgan fingerprint density at radius 2 is 2.75 bits per heavy atom. The lowest BCUT2D eigenvalue weighted by Crippen LogP contribution is -2.19. The molecule has 64 valence electrons. The van der Waals surface area contributed by atoms with Crippen LogP contribution in [-0.2, 0) is 5.41 Å². The molecule has 2 aliphatic rings. The minimum absolute atomic E-state index is 0.203. The van der Waals surface area contributed by atoms with Crippen molar-refractivity contribution >= 4 is 0 Å². The number of nitrogens with one attached hydrogen (secondary N) is 1. The average Bonchev–Trinajstić information content (AvgIpc) is 2.73. The van der Waals surface area contributed by atoms with Crippen LogP contribution in [0.1, 0.15) is 23.6 Å². The van der Waals surface area contributed by atoms with Crippen LogP contribution in [0.3, 0.4) is 0 Å². The predicted octanol–water partition coefficient (Wildman–Crippen LogP) is 0.239. The van der Waals surface area contributed by atoms with Crippen LogP contribution in [0.25, 0.3) is 0 Å². The molecule has 1 saturated heterocycles. The summed E-state index contributed by atoms with van der Waals surface area (Å²) in [6, 6.07) is 0. The molecule has 1 aromatic rings. The summed E-state index contributed by atoms with van der Waals surface area (Å²) in [7, 11) is 0. The van der Waals surface area contributed by atoms with E-state index >= 15 is 0 Å². The van der Waals surface area contributed by atoms with Crippen molar-refractivity contribution in [2.24, 2.45) is 5.92 Å². The molecule has 4 nitrogen and oxygen atoms in total. The van der Waals surface area contributed by atoms with Gasteiger partial charge in [-0.2, -0.15) is 4.98 Å². The standard InChI is InChI=1S/C8H11N3O/c1-5-10-7(12-11-5)8-2-6(8)3-9-4-8/h6,9H,2-4H2,1H3/t6-,8-/m1/s1/i3D2,4D2. The average molecular weight is 169 g/mol. The molecule has 1 saturated carbocycles. The van der Waals surface area contributed by atoms with Gasteiger partial charge in [-0.1, -0.05) is 5.16 Å². The van der Waals surface area contributed by atoms with Crippen molar-refractivity contribution in [2.45, 2.75) is 18.8 Å². The Morgan fingerprint density at radius 3 is 3.25 bits per heavy atom. The number of hydrogen-bond donors (Lipinski definition) is 1. The highest BCUT2D eigenvalue weighted by Gasteiger charge is 2.62. The van der Waals surface area contributed by atoms with Crippen molar-refractivity contribution in [3.8, 4) is 0 Å². The number of piperidine rings is 1. The summed E-state index contributed by atoms with van der Waals surface area (Å²) in [4.78, 5) is 4.04. The van der Waals surface area contributed by atoms with Crippen LogP contribution in [0.4, 0.5) is 0 Å². The van der Waals surface area contributed by atoms with Gasteiger partial charge < -0.3 is 9.84 Å². The highest BCUT2D eigenvalue weighted by atomic mass is 16.5. The van der Waals surface area contributed by atoms with E-state index in [4.69, 9.17) is 10.0 Å². The second kappa shape index (κ2) is 1.88. The molecule has 2 atom stereocenters. The van der Waals surface area contributed by atoms with Crippen molar-refractivity contribution < 1.29 is 10.0 Å². The van der Waals surface area contributed by atoms with Gasteiger partial charge in [-0.15, -0.1) is 0 Å². The number of nitrogens with zero attached hydrogens (tertiary/aromatic N) is 2. The number of rotatable bonds is 1. The third kappa shape index (κ3) is 0.659. The van der Waals surface area contributed by atoms with Crippen molar-refractivity contribution in [3.05, 3.63) is 11.7 Å². The first-order valence-electron chi connectivity index (χ1n) is 5.90. The van der Waals surface area contributed by atoms with Gasteiger partial charge in [-0.3, -0.25) is 0 Å². The number of fused-ring (bicyclic) bond motifs is 1. The predicted molar refractivity (Wildman–Crippen MR) is 41.7 cm³/mol. The molecular formula is C8H11N3O. The molecule has 2 heterocycles. The van der Waals surface area contributed by atoms with E-state index < -0.39 is 24.3 Å². The normalized spacial score (nSPS) is 51.6. The van der Waals surface area contributed by atoms with E-state index in [1.54, 1.807) is 6.92 Å². The summed E-state index contributed by atoms with van der Waals surface area (Å²) >= 11 is 0. The van der Waals surface area contributed by atoms with Crippen LogP contribution in [0.2, 0.25) is 0 Å². The Balaban J connectivity index is 2.09. The van der Waals surface area contributed by atoms with E-state index in [1.165, 1.54) is 0 Å². The number of aromatic nitrogens is 2. The Hall–Kier alpha value is -0.900. The quantitative estimate of drug-likeness (QED) is 0.654. The first kappa shape index (κ1) is 3.87. The van der Waals surface area contributed by atoms with Crippen LogP contribution < -0.4 is 5.32 Å². The van der Waals surface area contributed by atoms with Gasteiger partial charge in [0.1, 0.15) is 0 Å². The van der Waals surface area contributed by atoms with Gasteiger partial charge in [0, 0.05) is 12.0 Å². The molecule has 0 unspecified atom stereocenters. The van der Waals surface area contributed by atoms with E-state index in [2.05, 4.69) is 15.5 Å². The van der Waals surface area contributed by atoms with E-state index in [9.17, 15) is 0 Å². The Bertz CT molecular complexity index is 460. The molecule has 0 bridgehead atoms. The maximum absolute atomic E-state index is 7.87. The van der Waals surface area contributed by atoms with Gasteiger partial charge in [0.15, 0.2) is 5.82 Å². The second-order valence-corrected chi connectivity index (χ2v) is 3.27. The zero-order valence-corrected chi connectivity index (χ0v) is 6.59. The van der Waals surface area contributed by atoms with Gasteiger partial charge in [-0.25, -0.2) is 0 Å². The van der Waals surface area contributed by atoms with Crippen molar-refractivity contribution in [3.63, 3.8) is 0 Å². The number of hydrogen-bond acceptors (Lipinski definition) is 4. The topological polar surface area (TPSA) is 51.0 Å². The van der Waals surface area contributed by atoms with E-state index in [1.807, 2.05) is 0 Å². The minimum atomic E-state index is -1.85. The lowest BCUT2D eigenvalue weighted by Gasteiger charge is -2.02. The van der Waals surface area contributed by atoms with Crippen LogP contribution in [0.15, 0.2) is 4.52 Å². The zero-order valence-electron chi connectivity index (χ0n) is 10.6. The zero-order chi connectivity index (χ0) is 11.8. The first-order valence-corrected chi connectivity index (χ1v) is 3.90. The third-order valence-corrected chi connectivity index (χ3v) is 2.40. The molecular weight excluding hydrogens is 154 g/mol. The Kier molecular flexibility index (Phi) is 0.606. The summed E-state index contributed by atoms with van der Waals surface area (Å²) in [6.07, 6.45) is 0.404. The van der Waals surface area contributed by atoms with Gasteiger partial charge in [0.05, 0.1) is 5.41 Å². The molecule has 0 aromatic carbocycles. The molecule has 0 radical (unpaired) electrons. The monoisotopic (exact) mass is 169 g/mol. The Morgan fingerprint density at radius 1 is 1.83 bits per heavy atom. The fraction of sp³-hybridized carbons (Fsp3) is 0.750. The molecule has 0 amide bonds. The van der Waals surface area contributed by atoms with Crippen LogP contribution in [0, 0.1) is 12.8 Å². The Labute approximate surface area is 76.0 Å². The smallest absolute Gasteiger partial charge is 0.234 e. The highest BCUT2D eigenvalue weighted by Crippen LogP contribution is 2.55. The van der Waals surface area contributed by atoms with Gasteiger partial charge in [0.2, 0.25) is 5.89 Å². The maximum atomic E-state index is 7.87. The van der Waals surface area contributed by atoms with Gasteiger partial charge in [0.25, 0.3) is 0 Å². The molecule has 1 aliphatic heterocycles. The maximum Gasteiger partial charge on any atom is 0.234 e. The van der Waals surface area contributed by atoms with E-state index in [0.717, 1.165) is 0 Å². The van der Waals surface area contributed by atoms with Crippen LogP contribution in [-0.4, -0.2) is 23.1 Å². The van der Waals surface area contributed by atoms with Crippen molar-refractivity contribution in [1.82, 2.24) is 15.5 Å². The summed E-state index contributed by atoms with van der Waals surface area (Å²) in [5, 5.41) is 6.00. The third-order valence-electron chi connectivity index (χ3n) is 2.40. The van der Waals surface area contributed by atoms with Gasteiger partial charge in [-0.05, 0) is 25.8 Å². The largest absolute Gasteiger partial charge is 0.339 e. The van der Waals surface area contributed by atoms with Crippen molar-refractivity contribution in [1.29, 1.82) is 0 Å². The van der Waals surface area contributed by atoms with Gasteiger partial charge >= 0.3 is 0 Å². The summed E-state index contributed by atoms with van der Waals surface area (Å²) < 4.78 is 36.2. The molecule has 12 heavy (non-hydrogen) atoms. The molecule has 1 aliphatic carbocycles. The SMILES string of the molecule is [2H]C1([2H])NC([2H])([2H])[C@]2(c3nc(C)no3)C[C@H]12. The number of aryl methyl sites for hydroxylation is 1. The fourth-order valence-corrected chi connectivity index (χ4v) is 1.58. The molecule has 1 N–H and O–H groups in total. The van der Waals surface area contributed by atoms with E-state index in [0.29, 0.717) is 12.2 Å². The second-order valence-electron chi connectivity index (χ2n) is 3.27. The first-order chi connectivity index (χ1) is 7.30. The fourth-order valence-electron chi connectivity index (χ4n) is 1.58. The van der Waals surface area contributed by atoms with E-state index in [-0.39, 0.29) is 5.89 Å². The highest BCUT2D eigenvalue weighted by molar-refractivity contribution is 5.25. The summed E-state index contributed by atoms with van der Waals surface area (Å²) in [5.41, 5.74) is -0.988.